The molecule has 1 radical (unpaired) electrons. The van der Waals surface area contributed by atoms with Crippen molar-refractivity contribution in [1.82, 2.24) is 19.4 Å². The quantitative estimate of drug-likeness (QED) is 0.435. The average Bonchev–Trinajstić information content (AvgIpc) is 3.34. The Morgan fingerprint density at radius 2 is 2.03 bits per heavy atom. The van der Waals surface area contributed by atoms with E-state index < -0.39 is 0 Å². The summed E-state index contributed by atoms with van der Waals surface area (Å²) in [6.07, 6.45) is 11.7. The lowest BCUT2D eigenvalue weighted by molar-refractivity contribution is -0.117. The van der Waals surface area contributed by atoms with Gasteiger partial charge >= 0.3 is 0 Å². The summed E-state index contributed by atoms with van der Waals surface area (Å²) in [5.41, 5.74) is 2.06. The van der Waals surface area contributed by atoms with E-state index in [1.54, 1.807) is 11.9 Å². The Bertz CT molecular complexity index is 1110. The molecule has 3 heterocycles. The van der Waals surface area contributed by atoms with E-state index in [4.69, 9.17) is 0 Å². The summed E-state index contributed by atoms with van der Waals surface area (Å²) in [6, 6.07) is 10.1. The first-order chi connectivity index (χ1) is 15.7. The number of hydrogen-bond donors (Lipinski definition) is 3. The first-order valence-corrected chi connectivity index (χ1v) is 11.9. The van der Waals surface area contributed by atoms with Crippen molar-refractivity contribution in [1.29, 1.82) is 0 Å². The van der Waals surface area contributed by atoms with Gasteiger partial charge in [-0.15, -0.1) is 0 Å². The lowest BCUT2D eigenvalue weighted by atomic mass is 9.83. The third-order valence-electron chi connectivity index (χ3n) is 6.23. The van der Waals surface area contributed by atoms with Gasteiger partial charge in [0.2, 0.25) is 5.91 Å². The zero-order chi connectivity index (χ0) is 21.5. The molecule has 8 nitrogen and oxygen atoms in total. The van der Waals surface area contributed by atoms with Crippen LogP contribution in [0.4, 0.5) is 11.5 Å². The van der Waals surface area contributed by atoms with E-state index in [0.717, 1.165) is 40.9 Å². The molecule has 0 atom stereocenters. The van der Waals surface area contributed by atoms with Crippen molar-refractivity contribution in [3.63, 3.8) is 0 Å². The van der Waals surface area contributed by atoms with E-state index in [1.165, 1.54) is 25.0 Å². The van der Waals surface area contributed by atoms with Crippen LogP contribution >= 0.6 is 11.9 Å². The maximum absolute atomic E-state index is 12.0. The maximum atomic E-state index is 12.0. The number of anilines is 2. The first kappa shape index (κ1) is 19.6. The van der Waals surface area contributed by atoms with Crippen molar-refractivity contribution in [3.8, 4) is 0 Å². The average molecular weight is 448 g/mol. The number of aliphatic imine (C=N–C) groups is 1. The molecule has 6 rings (SSSR count). The van der Waals surface area contributed by atoms with Crippen molar-refractivity contribution < 1.29 is 4.79 Å². The number of rotatable bonds is 7. The number of carbonyl (C=O) groups excluding carboxylic acids is 1. The molecule has 4 aliphatic rings. The molecule has 1 amide bonds. The van der Waals surface area contributed by atoms with Crippen LogP contribution in [0.3, 0.4) is 0 Å². The molecule has 1 aromatic carbocycles. The summed E-state index contributed by atoms with van der Waals surface area (Å²) in [6.45, 7) is 0.691. The molecule has 32 heavy (non-hydrogen) atoms. The van der Waals surface area contributed by atoms with Crippen LogP contribution in [-0.4, -0.2) is 32.8 Å². The molecule has 9 heteroatoms. The van der Waals surface area contributed by atoms with Gasteiger partial charge in [0.25, 0.3) is 11.7 Å². The number of nitrogens with zero attached hydrogens (tertiary/aromatic N) is 4. The van der Waals surface area contributed by atoms with Crippen LogP contribution in [0.5, 0.6) is 0 Å². The Kier molecular flexibility index (Phi) is 4.99. The number of benzene rings is 1. The predicted octanol–water partition coefficient (Wildman–Crippen LogP) is 4.28. The fourth-order valence-corrected chi connectivity index (χ4v) is 4.85. The summed E-state index contributed by atoms with van der Waals surface area (Å²) in [5.74, 6) is 3.65. The van der Waals surface area contributed by atoms with E-state index in [9.17, 15) is 4.79 Å². The monoisotopic (exact) mass is 447 g/mol. The SMILES string of the molecule is O=C(Nc1ccc(SN2C=C(Nc3cc(C4CCC4)[nH]n3)[N+]3C=CN=C3C2)cc1)C1CC1. The zero-order valence-electron chi connectivity index (χ0n) is 17.6. The molecule has 1 aromatic heterocycles. The van der Waals surface area contributed by atoms with Gasteiger partial charge in [0.05, 0.1) is 12.4 Å². The maximum Gasteiger partial charge on any atom is 0.285 e. The molecule has 2 aromatic rings. The molecule has 2 saturated carbocycles. The van der Waals surface area contributed by atoms with E-state index in [2.05, 4.69) is 47.3 Å². The Morgan fingerprint density at radius 3 is 2.78 bits per heavy atom. The molecule has 0 spiro atoms. The minimum Gasteiger partial charge on any atom is -0.326 e. The highest BCUT2D eigenvalue weighted by atomic mass is 32.2. The molecule has 163 valence electrons. The van der Waals surface area contributed by atoms with Crippen LogP contribution in [-0.2, 0) is 4.79 Å². The lowest BCUT2D eigenvalue weighted by Crippen LogP contribution is -2.42. The summed E-state index contributed by atoms with van der Waals surface area (Å²) in [7, 11) is 0. The minimum absolute atomic E-state index is 0.130. The zero-order valence-corrected chi connectivity index (χ0v) is 18.4. The van der Waals surface area contributed by atoms with Crippen molar-refractivity contribution >= 4 is 35.2 Å². The van der Waals surface area contributed by atoms with Gasteiger partial charge in [-0.3, -0.25) is 19.5 Å². The highest BCUT2D eigenvalue weighted by molar-refractivity contribution is 7.97. The Labute approximate surface area is 191 Å². The smallest absolute Gasteiger partial charge is 0.285 e. The number of hydrogen-bond acceptors (Lipinski definition) is 7. The predicted molar refractivity (Wildman–Crippen MR) is 126 cm³/mol. The molecule has 0 unspecified atom stereocenters. The summed E-state index contributed by atoms with van der Waals surface area (Å²) in [5, 5.41) is 14.1. The second-order valence-electron chi connectivity index (χ2n) is 8.64. The third kappa shape index (κ3) is 4.05. The van der Waals surface area contributed by atoms with E-state index in [0.29, 0.717) is 12.5 Å². The molecule has 0 saturated heterocycles. The van der Waals surface area contributed by atoms with Gasteiger partial charge in [0.1, 0.15) is 6.54 Å². The largest absolute Gasteiger partial charge is 0.326 e. The van der Waals surface area contributed by atoms with Crippen LogP contribution in [0.15, 0.2) is 64.6 Å². The minimum atomic E-state index is 0.130. The molecule has 0 bridgehead atoms. The number of H-pyrrole nitrogens is 1. The first-order valence-electron chi connectivity index (χ1n) is 11.1. The highest BCUT2D eigenvalue weighted by Crippen LogP contribution is 2.36. The van der Waals surface area contributed by atoms with Gasteiger partial charge in [0, 0.05) is 34.2 Å². The van der Waals surface area contributed by atoms with Crippen LogP contribution in [0.2, 0.25) is 0 Å². The second-order valence-corrected chi connectivity index (χ2v) is 9.77. The lowest BCUT2D eigenvalue weighted by Gasteiger charge is -2.24. The van der Waals surface area contributed by atoms with Gasteiger partial charge < -0.3 is 5.32 Å². The Hall–Kier alpha value is -3.04. The van der Waals surface area contributed by atoms with Gasteiger partial charge in [-0.25, -0.2) is 0 Å². The van der Waals surface area contributed by atoms with Gasteiger partial charge in [-0.2, -0.15) is 10.1 Å². The van der Waals surface area contributed by atoms with Crippen molar-refractivity contribution in [2.45, 2.75) is 42.9 Å². The number of amidine groups is 1. The fraction of sp³-hybridized carbons (Fsp3) is 0.348. The fourth-order valence-electron chi connectivity index (χ4n) is 3.99. The number of aromatic nitrogens is 2. The third-order valence-corrected chi connectivity index (χ3v) is 7.18. The molecule has 3 N–H and O–H groups in total. The van der Waals surface area contributed by atoms with Crippen LogP contribution in [0.25, 0.3) is 0 Å². The summed E-state index contributed by atoms with van der Waals surface area (Å²) < 4.78 is 2.15. The topological polar surface area (TPSA) is 91.3 Å². The number of carbonyl (C=O) groups is 1. The number of aromatic amines is 1. The van der Waals surface area contributed by atoms with E-state index in [-0.39, 0.29) is 11.8 Å². The van der Waals surface area contributed by atoms with Crippen LogP contribution in [0, 0.1) is 5.92 Å². The van der Waals surface area contributed by atoms with Crippen molar-refractivity contribution in [2.75, 3.05) is 17.2 Å². The standard InChI is InChI=1S/C23H25N7OS/c31-23(16-4-5-16)25-17-6-8-18(9-7-17)32-29-13-21-24-10-11-30(21)22(14-29)26-20-12-19(27-28-20)15-2-1-3-15/h6-12,14-16H,1-5,13H2,(H,25,31)(H2,26,27,28)/q+1. The normalized spacial score (nSPS) is 20.4. The Morgan fingerprint density at radius 1 is 1.19 bits per heavy atom. The molecule has 2 aliphatic carbocycles. The van der Waals surface area contributed by atoms with Crippen LogP contribution < -0.4 is 15.5 Å². The van der Waals surface area contributed by atoms with Gasteiger partial charge in [-0.1, -0.05) is 6.42 Å². The molecule has 2 fully saturated rings. The van der Waals surface area contributed by atoms with E-state index in [1.807, 2.05) is 36.7 Å². The molecule has 2 aliphatic heterocycles. The Balaban J connectivity index is 1.15. The van der Waals surface area contributed by atoms with Gasteiger partial charge in [0.15, 0.2) is 12.0 Å². The van der Waals surface area contributed by atoms with E-state index >= 15 is 0 Å². The van der Waals surface area contributed by atoms with Gasteiger partial charge in [-0.05, 0) is 66.8 Å². The summed E-state index contributed by atoms with van der Waals surface area (Å²) in [4.78, 5) is 19.6. The molecular formula is C23H25N7OS+. The number of nitrogens with one attached hydrogen (secondary N) is 3. The van der Waals surface area contributed by atoms with Crippen LogP contribution in [0.1, 0.15) is 43.7 Å². The number of amides is 1. The summed E-state index contributed by atoms with van der Waals surface area (Å²) >= 11 is 1.64. The number of fused-ring (bicyclic) bond motifs is 1. The van der Waals surface area contributed by atoms with Crippen molar-refractivity contribution in [3.05, 3.63) is 60.4 Å². The molecular weight excluding hydrogens is 422 g/mol. The van der Waals surface area contributed by atoms with Crippen molar-refractivity contribution in [2.24, 2.45) is 10.9 Å². The highest BCUT2D eigenvalue weighted by Gasteiger charge is 2.37. The second kappa shape index (κ2) is 8.14.